The Bertz CT molecular complexity index is 639. The zero-order valence-electron chi connectivity index (χ0n) is 11.8. The molecule has 2 unspecified atom stereocenters. The molecule has 0 amide bonds. The van der Waals surface area contributed by atoms with Gasteiger partial charge in [-0.15, -0.1) is 0 Å². The first-order valence-electron chi connectivity index (χ1n) is 6.65. The molecule has 2 atom stereocenters. The van der Waals surface area contributed by atoms with Crippen LogP contribution >= 0.6 is 11.6 Å². The number of sulfonamides is 1. The van der Waals surface area contributed by atoms with Crippen LogP contribution < -0.4 is 5.73 Å². The summed E-state index contributed by atoms with van der Waals surface area (Å²) in [5.41, 5.74) is 5.19. The molecule has 8 heteroatoms. The van der Waals surface area contributed by atoms with Crippen molar-refractivity contribution in [3.05, 3.63) is 23.0 Å². The van der Waals surface area contributed by atoms with Gasteiger partial charge in [-0.05, 0) is 25.5 Å². The van der Waals surface area contributed by atoms with Crippen LogP contribution in [0.5, 0.6) is 0 Å². The van der Waals surface area contributed by atoms with Crippen LogP contribution in [-0.2, 0) is 14.8 Å². The predicted molar refractivity (Wildman–Crippen MR) is 79.2 cm³/mol. The van der Waals surface area contributed by atoms with Crippen molar-refractivity contribution in [3.63, 3.8) is 0 Å². The molecule has 0 saturated carbocycles. The Morgan fingerprint density at radius 1 is 1.52 bits per heavy atom. The Morgan fingerprint density at radius 3 is 2.81 bits per heavy atom. The SMILES string of the molecule is CCC1COC(C)CN1S(=O)(=O)c1cc(Cl)cc(N)c1F. The van der Waals surface area contributed by atoms with Crippen molar-refractivity contribution in [3.8, 4) is 0 Å². The maximum Gasteiger partial charge on any atom is 0.246 e. The molecule has 0 aromatic heterocycles. The van der Waals surface area contributed by atoms with Crippen LogP contribution in [0, 0.1) is 5.82 Å². The van der Waals surface area contributed by atoms with Gasteiger partial charge in [0.05, 0.1) is 18.4 Å². The lowest BCUT2D eigenvalue weighted by molar-refractivity contribution is -0.0231. The third-order valence-corrected chi connectivity index (χ3v) is 5.64. The smallest absolute Gasteiger partial charge is 0.246 e. The van der Waals surface area contributed by atoms with Gasteiger partial charge >= 0.3 is 0 Å². The number of hydrogen-bond donors (Lipinski definition) is 1. The Balaban J connectivity index is 2.50. The number of benzene rings is 1. The predicted octanol–water partition coefficient (Wildman–Crippen LogP) is 2.25. The molecule has 1 aromatic carbocycles. The number of ether oxygens (including phenoxy) is 1. The second-order valence-corrected chi connectivity index (χ2v) is 7.38. The number of nitrogens with two attached hydrogens (primary N) is 1. The molecule has 1 aromatic rings. The Hall–Kier alpha value is -0.890. The third-order valence-electron chi connectivity index (χ3n) is 3.51. The van der Waals surface area contributed by atoms with Gasteiger partial charge in [-0.3, -0.25) is 0 Å². The molecule has 2 rings (SSSR count). The van der Waals surface area contributed by atoms with Crippen molar-refractivity contribution >= 4 is 27.3 Å². The highest BCUT2D eigenvalue weighted by Crippen LogP contribution is 2.30. The molecule has 21 heavy (non-hydrogen) atoms. The summed E-state index contributed by atoms with van der Waals surface area (Å²) in [6.45, 7) is 4.09. The zero-order valence-corrected chi connectivity index (χ0v) is 13.4. The standard InChI is InChI=1S/C13H18ClFN2O3S/c1-3-10-7-20-8(2)6-17(10)21(18,19)12-5-9(14)4-11(16)13(12)15/h4-5,8,10H,3,6-7,16H2,1-2H3. The van der Waals surface area contributed by atoms with Gasteiger partial charge in [-0.2, -0.15) is 4.31 Å². The van der Waals surface area contributed by atoms with Crippen molar-refractivity contribution in [2.24, 2.45) is 0 Å². The average molecular weight is 337 g/mol. The maximum atomic E-state index is 14.1. The van der Waals surface area contributed by atoms with E-state index in [-0.39, 0.29) is 36.0 Å². The molecule has 118 valence electrons. The summed E-state index contributed by atoms with van der Waals surface area (Å²) in [6, 6.07) is 1.95. The summed E-state index contributed by atoms with van der Waals surface area (Å²) in [4.78, 5) is -0.486. The molecule has 0 aliphatic carbocycles. The van der Waals surface area contributed by atoms with Gasteiger partial charge in [-0.25, -0.2) is 12.8 Å². The molecule has 0 bridgehead atoms. The molecule has 0 spiro atoms. The van der Waals surface area contributed by atoms with Crippen LogP contribution in [0.1, 0.15) is 20.3 Å². The summed E-state index contributed by atoms with van der Waals surface area (Å²) in [7, 11) is -4.02. The van der Waals surface area contributed by atoms with Gasteiger partial charge in [0.1, 0.15) is 4.90 Å². The molecule has 5 nitrogen and oxygen atoms in total. The molecule has 1 aliphatic rings. The first kappa shape index (κ1) is 16.5. The zero-order chi connectivity index (χ0) is 15.8. The average Bonchev–Trinajstić information content (AvgIpc) is 2.42. The van der Waals surface area contributed by atoms with Gasteiger partial charge in [0, 0.05) is 17.6 Å². The lowest BCUT2D eigenvalue weighted by Crippen LogP contribution is -2.51. The normalized spacial score (nSPS) is 24.2. The van der Waals surface area contributed by atoms with E-state index in [4.69, 9.17) is 22.1 Å². The van der Waals surface area contributed by atoms with Crippen molar-refractivity contribution in [1.82, 2.24) is 4.31 Å². The summed E-state index contributed by atoms with van der Waals surface area (Å²) in [5, 5.41) is 0.0850. The number of nitrogen functional groups attached to an aromatic ring is 1. The minimum absolute atomic E-state index is 0.0850. The van der Waals surface area contributed by atoms with Gasteiger partial charge in [-0.1, -0.05) is 18.5 Å². The van der Waals surface area contributed by atoms with E-state index < -0.39 is 20.7 Å². The van der Waals surface area contributed by atoms with Crippen LogP contribution in [0.25, 0.3) is 0 Å². The van der Waals surface area contributed by atoms with Crippen LogP contribution in [0.4, 0.5) is 10.1 Å². The lowest BCUT2D eigenvalue weighted by atomic mass is 10.2. The monoisotopic (exact) mass is 336 g/mol. The van der Waals surface area contributed by atoms with Crippen molar-refractivity contribution in [1.29, 1.82) is 0 Å². The number of anilines is 1. The van der Waals surface area contributed by atoms with Crippen molar-refractivity contribution in [2.45, 2.75) is 37.3 Å². The summed E-state index contributed by atoms with van der Waals surface area (Å²) in [5.74, 6) is -0.964. The molecular formula is C13H18ClFN2O3S. The number of morpholine rings is 1. The van der Waals surface area contributed by atoms with Gasteiger partial charge in [0.25, 0.3) is 0 Å². The van der Waals surface area contributed by atoms with E-state index in [0.29, 0.717) is 6.42 Å². The van der Waals surface area contributed by atoms with E-state index in [1.54, 1.807) is 6.92 Å². The number of nitrogens with zero attached hydrogens (tertiary/aromatic N) is 1. The largest absolute Gasteiger partial charge is 0.396 e. The first-order valence-corrected chi connectivity index (χ1v) is 8.47. The van der Waals surface area contributed by atoms with Crippen LogP contribution in [0.3, 0.4) is 0 Å². The van der Waals surface area contributed by atoms with E-state index in [0.717, 1.165) is 6.07 Å². The number of halogens is 2. The Labute approximate surface area is 128 Å². The van der Waals surface area contributed by atoms with Gasteiger partial charge in [0.15, 0.2) is 5.82 Å². The van der Waals surface area contributed by atoms with E-state index in [1.807, 2.05) is 6.92 Å². The summed E-state index contributed by atoms with van der Waals surface area (Å²) in [6.07, 6.45) is 0.325. The first-order chi connectivity index (χ1) is 9.77. The topological polar surface area (TPSA) is 72.6 Å². The Morgan fingerprint density at radius 2 is 2.19 bits per heavy atom. The van der Waals surface area contributed by atoms with Gasteiger partial charge in [0.2, 0.25) is 10.0 Å². The minimum atomic E-state index is -4.02. The fraction of sp³-hybridized carbons (Fsp3) is 0.538. The lowest BCUT2D eigenvalue weighted by Gasteiger charge is -2.37. The highest BCUT2D eigenvalue weighted by molar-refractivity contribution is 7.89. The van der Waals surface area contributed by atoms with Crippen molar-refractivity contribution < 1.29 is 17.5 Å². The molecule has 1 fully saturated rings. The molecule has 0 radical (unpaired) electrons. The van der Waals surface area contributed by atoms with Gasteiger partial charge < -0.3 is 10.5 Å². The summed E-state index contributed by atoms with van der Waals surface area (Å²) >= 11 is 5.81. The van der Waals surface area contributed by atoms with E-state index in [2.05, 4.69) is 0 Å². The third kappa shape index (κ3) is 3.15. The van der Waals surface area contributed by atoms with Crippen LogP contribution in [-0.4, -0.2) is 38.0 Å². The maximum absolute atomic E-state index is 14.1. The second-order valence-electron chi connectivity index (χ2n) is 5.09. The van der Waals surface area contributed by atoms with E-state index in [1.165, 1.54) is 10.4 Å². The molecule has 2 N–H and O–H groups in total. The number of hydrogen-bond acceptors (Lipinski definition) is 4. The fourth-order valence-corrected chi connectivity index (χ4v) is 4.50. The van der Waals surface area contributed by atoms with E-state index in [9.17, 15) is 12.8 Å². The summed E-state index contributed by atoms with van der Waals surface area (Å²) < 4.78 is 46.4. The highest BCUT2D eigenvalue weighted by Gasteiger charge is 2.37. The molecule has 1 aliphatic heterocycles. The molecule has 1 saturated heterocycles. The second kappa shape index (κ2) is 6.08. The minimum Gasteiger partial charge on any atom is -0.396 e. The molecule has 1 heterocycles. The van der Waals surface area contributed by atoms with Crippen molar-refractivity contribution in [2.75, 3.05) is 18.9 Å². The van der Waals surface area contributed by atoms with E-state index >= 15 is 0 Å². The number of rotatable bonds is 3. The van der Waals surface area contributed by atoms with Crippen LogP contribution in [0.2, 0.25) is 5.02 Å². The van der Waals surface area contributed by atoms with Crippen LogP contribution in [0.15, 0.2) is 17.0 Å². The highest BCUT2D eigenvalue weighted by atomic mass is 35.5. The fourth-order valence-electron chi connectivity index (χ4n) is 2.33. The quantitative estimate of drug-likeness (QED) is 0.859. The Kier molecular flexibility index (Phi) is 4.77. The molecular weight excluding hydrogens is 319 g/mol.